The molecule has 26 heavy (non-hydrogen) atoms. The van der Waals surface area contributed by atoms with Crippen LogP contribution in [0.5, 0.6) is 0 Å². The van der Waals surface area contributed by atoms with Crippen molar-refractivity contribution in [1.29, 1.82) is 0 Å². The smallest absolute Gasteiger partial charge is 0.323 e. The molecule has 2 aliphatic heterocycles. The maximum Gasteiger partial charge on any atom is 0.323 e. The molecule has 0 bridgehead atoms. The number of esters is 1. The minimum absolute atomic E-state index is 0.105. The average molecular weight is 354 g/mol. The Morgan fingerprint density at radius 1 is 1.23 bits per heavy atom. The number of ether oxygens (including phenoxy) is 1. The number of carbonyl (C=O) groups is 2. The third kappa shape index (κ3) is 3.51. The molecule has 6 heteroatoms. The summed E-state index contributed by atoms with van der Waals surface area (Å²) < 4.78 is 10.5. The van der Waals surface area contributed by atoms with Crippen molar-refractivity contribution < 1.29 is 18.7 Å². The van der Waals surface area contributed by atoms with Gasteiger partial charge >= 0.3 is 5.97 Å². The van der Waals surface area contributed by atoms with Gasteiger partial charge in [0.1, 0.15) is 11.8 Å². The zero-order valence-electron chi connectivity index (χ0n) is 14.5. The van der Waals surface area contributed by atoms with Gasteiger partial charge < -0.3 is 14.5 Å². The van der Waals surface area contributed by atoms with Crippen molar-refractivity contribution in [3.8, 4) is 0 Å². The second-order valence-electron chi connectivity index (χ2n) is 6.88. The van der Waals surface area contributed by atoms with Gasteiger partial charge in [0.05, 0.1) is 19.4 Å². The number of fused-ring (bicyclic) bond motifs is 1. The van der Waals surface area contributed by atoms with Crippen LogP contribution in [0.4, 0.5) is 0 Å². The lowest BCUT2D eigenvalue weighted by molar-refractivity contribution is -0.155. The maximum atomic E-state index is 12.4. The molecule has 136 valence electrons. The number of benzene rings is 1. The SMILES string of the molecule is O=C(NCc1ccco1)c1cccc(CN2CC[C@H]3CCOC(=O)[C@H]32)c1. The van der Waals surface area contributed by atoms with E-state index in [2.05, 4.69) is 10.2 Å². The summed E-state index contributed by atoms with van der Waals surface area (Å²) >= 11 is 0. The molecule has 1 aromatic carbocycles. The first-order valence-electron chi connectivity index (χ1n) is 9.01. The highest BCUT2D eigenvalue weighted by Crippen LogP contribution is 2.32. The summed E-state index contributed by atoms with van der Waals surface area (Å²) in [6.45, 7) is 2.44. The lowest BCUT2D eigenvalue weighted by atomic mass is 9.95. The highest BCUT2D eigenvalue weighted by Gasteiger charge is 2.42. The number of nitrogens with zero attached hydrogens (tertiary/aromatic N) is 1. The molecule has 0 unspecified atom stereocenters. The van der Waals surface area contributed by atoms with Gasteiger partial charge in [0.2, 0.25) is 0 Å². The molecular weight excluding hydrogens is 332 g/mol. The number of carbonyl (C=O) groups excluding carboxylic acids is 2. The van der Waals surface area contributed by atoms with E-state index >= 15 is 0 Å². The van der Waals surface area contributed by atoms with Crippen molar-refractivity contribution >= 4 is 11.9 Å². The van der Waals surface area contributed by atoms with Crippen LogP contribution in [0, 0.1) is 5.92 Å². The lowest BCUT2D eigenvalue weighted by Gasteiger charge is -2.30. The molecule has 6 nitrogen and oxygen atoms in total. The molecule has 1 aromatic heterocycles. The Hall–Kier alpha value is -2.60. The summed E-state index contributed by atoms with van der Waals surface area (Å²) in [6.07, 6.45) is 3.56. The van der Waals surface area contributed by atoms with Gasteiger partial charge in [-0.15, -0.1) is 0 Å². The van der Waals surface area contributed by atoms with Crippen LogP contribution in [-0.4, -0.2) is 36.0 Å². The molecule has 2 aliphatic rings. The van der Waals surface area contributed by atoms with Crippen LogP contribution < -0.4 is 5.32 Å². The predicted octanol–water partition coefficient (Wildman–Crippen LogP) is 2.35. The summed E-state index contributed by atoms with van der Waals surface area (Å²) in [4.78, 5) is 26.7. The number of hydrogen-bond donors (Lipinski definition) is 1. The Morgan fingerprint density at radius 3 is 3.00 bits per heavy atom. The molecule has 1 amide bonds. The van der Waals surface area contributed by atoms with Gasteiger partial charge in [0, 0.05) is 12.1 Å². The standard InChI is InChI=1S/C20H22N2O4/c23-19(21-12-17-5-2-9-25-17)16-4-1-3-14(11-16)13-22-8-6-15-7-10-26-20(24)18(15)22/h1-5,9,11,15,18H,6-8,10,12-13H2,(H,21,23)/t15-,18-/m0/s1. The Labute approximate surface area is 152 Å². The van der Waals surface area contributed by atoms with E-state index in [1.807, 2.05) is 24.3 Å². The van der Waals surface area contributed by atoms with Crippen molar-refractivity contribution in [2.24, 2.45) is 5.92 Å². The fourth-order valence-electron chi connectivity index (χ4n) is 3.87. The van der Waals surface area contributed by atoms with Crippen LogP contribution in [0.1, 0.15) is 34.5 Å². The average Bonchev–Trinajstić information content (AvgIpc) is 3.31. The summed E-state index contributed by atoms with van der Waals surface area (Å²) in [7, 11) is 0. The Morgan fingerprint density at radius 2 is 2.15 bits per heavy atom. The second-order valence-corrected chi connectivity index (χ2v) is 6.88. The first-order chi connectivity index (χ1) is 12.7. The minimum atomic E-state index is -0.139. The van der Waals surface area contributed by atoms with E-state index in [1.165, 1.54) is 0 Å². The van der Waals surface area contributed by atoms with Crippen LogP contribution >= 0.6 is 0 Å². The third-order valence-corrected chi connectivity index (χ3v) is 5.18. The van der Waals surface area contributed by atoms with Gasteiger partial charge in [-0.2, -0.15) is 0 Å². The molecule has 2 atom stereocenters. The number of rotatable bonds is 5. The number of hydrogen-bond acceptors (Lipinski definition) is 5. The monoisotopic (exact) mass is 354 g/mol. The van der Waals surface area contributed by atoms with E-state index in [4.69, 9.17) is 9.15 Å². The number of nitrogens with one attached hydrogen (secondary N) is 1. The zero-order valence-corrected chi connectivity index (χ0v) is 14.5. The highest BCUT2D eigenvalue weighted by molar-refractivity contribution is 5.94. The molecule has 4 rings (SSSR count). The van der Waals surface area contributed by atoms with Crippen molar-refractivity contribution in [3.63, 3.8) is 0 Å². The maximum absolute atomic E-state index is 12.4. The topological polar surface area (TPSA) is 71.8 Å². The van der Waals surface area contributed by atoms with Crippen LogP contribution in [-0.2, 0) is 22.6 Å². The highest BCUT2D eigenvalue weighted by atomic mass is 16.5. The van der Waals surface area contributed by atoms with E-state index in [0.717, 1.165) is 24.9 Å². The van der Waals surface area contributed by atoms with Crippen LogP contribution in [0.2, 0.25) is 0 Å². The van der Waals surface area contributed by atoms with Gasteiger partial charge in [0.15, 0.2) is 0 Å². The molecule has 0 radical (unpaired) electrons. The molecule has 2 aromatic rings. The van der Waals surface area contributed by atoms with E-state index in [-0.39, 0.29) is 17.9 Å². The van der Waals surface area contributed by atoms with Crippen molar-refractivity contribution in [2.75, 3.05) is 13.2 Å². The van der Waals surface area contributed by atoms with Crippen molar-refractivity contribution in [2.45, 2.75) is 32.0 Å². The predicted molar refractivity (Wildman–Crippen MR) is 94.2 cm³/mol. The zero-order chi connectivity index (χ0) is 17.9. The summed E-state index contributed by atoms with van der Waals surface area (Å²) in [6, 6.07) is 11.0. The van der Waals surface area contributed by atoms with Crippen LogP contribution in [0.3, 0.4) is 0 Å². The van der Waals surface area contributed by atoms with Crippen molar-refractivity contribution in [3.05, 3.63) is 59.5 Å². The summed E-state index contributed by atoms with van der Waals surface area (Å²) in [5.41, 5.74) is 1.63. The molecular formula is C20H22N2O4. The largest absolute Gasteiger partial charge is 0.467 e. The molecule has 1 N–H and O–H groups in total. The number of cyclic esters (lactones) is 1. The van der Waals surface area contributed by atoms with Crippen LogP contribution in [0.15, 0.2) is 47.1 Å². The van der Waals surface area contributed by atoms with Gasteiger partial charge in [-0.3, -0.25) is 14.5 Å². The third-order valence-electron chi connectivity index (χ3n) is 5.18. The molecule has 0 aliphatic carbocycles. The summed E-state index contributed by atoms with van der Waals surface area (Å²) in [5, 5.41) is 2.85. The van der Waals surface area contributed by atoms with Crippen molar-refractivity contribution in [1.82, 2.24) is 10.2 Å². The normalized spacial score (nSPS) is 22.7. The number of amides is 1. The van der Waals surface area contributed by atoms with E-state index in [1.54, 1.807) is 18.4 Å². The number of likely N-dealkylation sites (tertiary alicyclic amines) is 1. The first-order valence-corrected chi connectivity index (χ1v) is 9.01. The second kappa shape index (κ2) is 7.33. The minimum Gasteiger partial charge on any atom is -0.467 e. The van der Waals surface area contributed by atoms with Gasteiger partial charge in [-0.1, -0.05) is 12.1 Å². The van der Waals surface area contributed by atoms with E-state index in [0.29, 0.717) is 36.9 Å². The van der Waals surface area contributed by atoms with Crippen LogP contribution in [0.25, 0.3) is 0 Å². The number of furan rings is 1. The van der Waals surface area contributed by atoms with Gasteiger partial charge in [-0.25, -0.2) is 0 Å². The molecule has 2 saturated heterocycles. The van der Waals surface area contributed by atoms with Gasteiger partial charge in [0.25, 0.3) is 5.91 Å². The molecule has 2 fully saturated rings. The fraction of sp³-hybridized carbons (Fsp3) is 0.400. The van der Waals surface area contributed by atoms with Gasteiger partial charge in [-0.05, 0) is 55.1 Å². The molecule has 0 saturated carbocycles. The Bertz CT molecular complexity index is 787. The van der Waals surface area contributed by atoms with E-state index < -0.39 is 0 Å². The molecule has 3 heterocycles. The lowest BCUT2D eigenvalue weighted by Crippen LogP contribution is -2.43. The van der Waals surface area contributed by atoms with E-state index in [9.17, 15) is 9.59 Å². The summed E-state index contributed by atoms with van der Waals surface area (Å²) in [5.74, 6) is 0.871. The Balaban J connectivity index is 1.41. The quantitative estimate of drug-likeness (QED) is 0.835. The first kappa shape index (κ1) is 16.8. The molecule has 0 spiro atoms. The Kier molecular flexibility index (Phi) is 4.75. The fourth-order valence-corrected chi connectivity index (χ4v) is 3.87.